The molecule has 0 aromatic rings. The van der Waals surface area contributed by atoms with Crippen LogP contribution in [0, 0.1) is 5.92 Å². The molecule has 9 heavy (non-hydrogen) atoms. The maximum Gasteiger partial charge on any atom is -0.0139 e. The van der Waals surface area contributed by atoms with Crippen LogP contribution in [0.2, 0.25) is 0 Å². The standard InChI is InChI=1S/C9H16/c1-5-6-7-9(4)8(2)3/h5-6,8H,4,7H2,1-3H3. The van der Waals surface area contributed by atoms with E-state index in [0.29, 0.717) is 5.92 Å². The predicted octanol–water partition coefficient (Wildman–Crippen LogP) is 3.16. The lowest BCUT2D eigenvalue weighted by atomic mass is 10.0. The molecular formula is C9H16. The SMILES string of the molecule is C=C(CC=CC)C(C)C. The summed E-state index contributed by atoms with van der Waals surface area (Å²) in [4.78, 5) is 0. The zero-order valence-electron chi connectivity index (χ0n) is 6.65. The van der Waals surface area contributed by atoms with Crippen molar-refractivity contribution in [2.45, 2.75) is 27.2 Å². The van der Waals surface area contributed by atoms with E-state index in [9.17, 15) is 0 Å². The topological polar surface area (TPSA) is 0 Å². The lowest BCUT2D eigenvalue weighted by molar-refractivity contribution is 0.751. The number of allylic oxidation sites excluding steroid dienone is 3. The van der Waals surface area contributed by atoms with Gasteiger partial charge in [0.05, 0.1) is 0 Å². The quantitative estimate of drug-likeness (QED) is 0.507. The Balaban J connectivity index is 3.51. The molecule has 0 nitrogen and oxygen atoms in total. The first-order valence-corrected chi connectivity index (χ1v) is 3.47. The molecule has 0 aliphatic heterocycles. The molecule has 52 valence electrons. The van der Waals surface area contributed by atoms with Crippen LogP contribution in [0.4, 0.5) is 0 Å². The minimum Gasteiger partial charge on any atom is -0.0993 e. The molecule has 0 aliphatic carbocycles. The molecule has 0 fully saturated rings. The average molecular weight is 124 g/mol. The van der Waals surface area contributed by atoms with Crippen LogP contribution >= 0.6 is 0 Å². The van der Waals surface area contributed by atoms with Gasteiger partial charge in [-0.25, -0.2) is 0 Å². The Hall–Kier alpha value is -0.520. The minimum atomic E-state index is 0.626. The molecule has 0 aromatic heterocycles. The van der Waals surface area contributed by atoms with Gasteiger partial charge in [0.25, 0.3) is 0 Å². The van der Waals surface area contributed by atoms with Crippen LogP contribution < -0.4 is 0 Å². The van der Waals surface area contributed by atoms with Gasteiger partial charge in [-0.3, -0.25) is 0 Å². The summed E-state index contributed by atoms with van der Waals surface area (Å²) in [5, 5.41) is 0. The molecule has 0 spiro atoms. The highest BCUT2D eigenvalue weighted by atomic mass is 14.0. The third kappa shape index (κ3) is 4.01. The van der Waals surface area contributed by atoms with Crippen LogP contribution in [-0.2, 0) is 0 Å². The molecule has 0 rings (SSSR count). The van der Waals surface area contributed by atoms with Crippen molar-refractivity contribution in [3.05, 3.63) is 24.3 Å². The minimum absolute atomic E-state index is 0.626. The second-order valence-electron chi connectivity index (χ2n) is 2.59. The van der Waals surface area contributed by atoms with E-state index in [1.165, 1.54) is 5.57 Å². The van der Waals surface area contributed by atoms with Gasteiger partial charge in [0.1, 0.15) is 0 Å². The Labute approximate surface area is 58.3 Å². The van der Waals surface area contributed by atoms with Crippen LogP contribution in [0.5, 0.6) is 0 Å². The lowest BCUT2D eigenvalue weighted by Gasteiger charge is -2.04. The summed E-state index contributed by atoms with van der Waals surface area (Å²) in [6.07, 6.45) is 5.24. The van der Waals surface area contributed by atoms with E-state index >= 15 is 0 Å². The molecule has 0 saturated heterocycles. The average Bonchev–Trinajstić information content (AvgIpc) is 1.82. The maximum atomic E-state index is 3.94. The summed E-state index contributed by atoms with van der Waals surface area (Å²) in [5.41, 5.74) is 1.31. The van der Waals surface area contributed by atoms with Gasteiger partial charge >= 0.3 is 0 Å². The fourth-order valence-electron chi connectivity index (χ4n) is 0.505. The van der Waals surface area contributed by atoms with E-state index in [2.05, 4.69) is 32.6 Å². The van der Waals surface area contributed by atoms with Gasteiger partial charge in [0.15, 0.2) is 0 Å². The lowest BCUT2D eigenvalue weighted by Crippen LogP contribution is -1.89. The Morgan fingerprint density at radius 1 is 1.56 bits per heavy atom. The molecule has 0 saturated carbocycles. The highest BCUT2D eigenvalue weighted by Gasteiger charge is 1.94. The Morgan fingerprint density at radius 3 is 2.44 bits per heavy atom. The first kappa shape index (κ1) is 8.48. The normalized spacial score (nSPS) is 11.1. The highest BCUT2D eigenvalue weighted by Crippen LogP contribution is 2.10. The van der Waals surface area contributed by atoms with Crippen LogP contribution in [0.1, 0.15) is 27.2 Å². The van der Waals surface area contributed by atoms with Crippen molar-refractivity contribution < 1.29 is 0 Å². The van der Waals surface area contributed by atoms with E-state index in [4.69, 9.17) is 0 Å². The predicted molar refractivity (Wildman–Crippen MR) is 43.4 cm³/mol. The monoisotopic (exact) mass is 124 g/mol. The van der Waals surface area contributed by atoms with E-state index in [-0.39, 0.29) is 0 Å². The molecular weight excluding hydrogens is 108 g/mol. The third-order valence-electron chi connectivity index (χ3n) is 1.43. The fourth-order valence-corrected chi connectivity index (χ4v) is 0.505. The number of hydrogen-bond acceptors (Lipinski definition) is 0. The Bertz CT molecular complexity index is 107. The summed E-state index contributed by atoms with van der Waals surface area (Å²) in [7, 11) is 0. The molecule has 0 aliphatic rings. The van der Waals surface area contributed by atoms with Crippen molar-refractivity contribution in [2.75, 3.05) is 0 Å². The van der Waals surface area contributed by atoms with Crippen LogP contribution in [0.3, 0.4) is 0 Å². The van der Waals surface area contributed by atoms with Gasteiger partial charge in [-0.2, -0.15) is 0 Å². The van der Waals surface area contributed by atoms with Gasteiger partial charge in [0, 0.05) is 0 Å². The van der Waals surface area contributed by atoms with Crippen LogP contribution in [0.25, 0.3) is 0 Å². The van der Waals surface area contributed by atoms with Gasteiger partial charge in [-0.15, -0.1) is 0 Å². The third-order valence-corrected chi connectivity index (χ3v) is 1.43. The van der Waals surface area contributed by atoms with E-state index in [1.54, 1.807) is 0 Å². The van der Waals surface area contributed by atoms with Gasteiger partial charge in [0.2, 0.25) is 0 Å². The van der Waals surface area contributed by atoms with Crippen molar-refractivity contribution in [1.29, 1.82) is 0 Å². The van der Waals surface area contributed by atoms with Crippen molar-refractivity contribution in [2.24, 2.45) is 5.92 Å². The van der Waals surface area contributed by atoms with Gasteiger partial charge in [-0.1, -0.05) is 38.2 Å². The molecule has 0 N–H and O–H groups in total. The van der Waals surface area contributed by atoms with Gasteiger partial charge in [-0.05, 0) is 19.3 Å². The van der Waals surface area contributed by atoms with E-state index in [0.717, 1.165) is 6.42 Å². The Morgan fingerprint density at radius 2 is 2.11 bits per heavy atom. The zero-order valence-corrected chi connectivity index (χ0v) is 6.65. The van der Waals surface area contributed by atoms with E-state index < -0.39 is 0 Å². The molecule has 0 heteroatoms. The van der Waals surface area contributed by atoms with Crippen molar-refractivity contribution in [3.63, 3.8) is 0 Å². The Kier molecular flexibility index (Phi) is 4.12. The van der Waals surface area contributed by atoms with Crippen LogP contribution in [0.15, 0.2) is 24.3 Å². The molecule has 0 amide bonds. The molecule has 0 heterocycles. The maximum absolute atomic E-state index is 3.94. The zero-order chi connectivity index (χ0) is 7.28. The molecule has 0 unspecified atom stereocenters. The summed E-state index contributed by atoms with van der Waals surface area (Å²) >= 11 is 0. The van der Waals surface area contributed by atoms with E-state index in [1.807, 2.05) is 6.92 Å². The first-order valence-electron chi connectivity index (χ1n) is 3.47. The van der Waals surface area contributed by atoms with Crippen molar-refractivity contribution in [1.82, 2.24) is 0 Å². The summed E-state index contributed by atoms with van der Waals surface area (Å²) < 4.78 is 0. The molecule has 0 atom stereocenters. The smallest absolute Gasteiger partial charge is 0.0139 e. The van der Waals surface area contributed by atoms with Crippen molar-refractivity contribution >= 4 is 0 Å². The summed E-state index contributed by atoms with van der Waals surface area (Å²) in [6, 6.07) is 0. The fraction of sp³-hybridized carbons (Fsp3) is 0.556. The molecule has 0 aromatic carbocycles. The second kappa shape index (κ2) is 4.37. The molecule has 0 radical (unpaired) electrons. The number of rotatable bonds is 3. The summed E-state index contributed by atoms with van der Waals surface area (Å²) in [6.45, 7) is 10.3. The second-order valence-corrected chi connectivity index (χ2v) is 2.59. The summed E-state index contributed by atoms with van der Waals surface area (Å²) in [5.74, 6) is 0.626. The van der Waals surface area contributed by atoms with Gasteiger partial charge < -0.3 is 0 Å². The van der Waals surface area contributed by atoms with Crippen LogP contribution in [-0.4, -0.2) is 0 Å². The first-order chi connectivity index (χ1) is 4.18. The number of hydrogen-bond donors (Lipinski definition) is 0. The molecule has 0 bridgehead atoms. The highest BCUT2D eigenvalue weighted by molar-refractivity contribution is 5.03. The van der Waals surface area contributed by atoms with Crippen molar-refractivity contribution in [3.8, 4) is 0 Å². The largest absolute Gasteiger partial charge is 0.0993 e.